The maximum absolute atomic E-state index is 11.8. The van der Waals surface area contributed by atoms with Gasteiger partial charge in [0.25, 0.3) is 5.69 Å². The maximum Gasteiger partial charge on any atom is 0.306 e. The number of rotatable bonds is 15. The highest BCUT2D eigenvalue weighted by molar-refractivity contribution is 5.72. The van der Waals surface area contributed by atoms with Crippen LogP contribution in [0.1, 0.15) is 82.3 Å². The zero-order valence-electron chi connectivity index (χ0n) is 17.6. The number of nitro groups is 1. The zero-order chi connectivity index (χ0) is 21.5. The van der Waals surface area contributed by atoms with Gasteiger partial charge in [0.15, 0.2) is 0 Å². The second kappa shape index (κ2) is 14.5. The molecule has 0 N–H and O–H groups in total. The number of ether oxygens (including phenoxy) is 2. The van der Waals surface area contributed by atoms with Crippen LogP contribution in [0, 0.1) is 17.0 Å². The van der Waals surface area contributed by atoms with Gasteiger partial charge in [0.1, 0.15) is 6.61 Å². The quantitative estimate of drug-likeness (QED) is 0.167. The third-order valence-electron chi connectivity index (χ3n) is 4.67. The number of hydrogen-bond donors (Lipinski definition) is 0. The molecule has 162 valence electrons. The van der Waals surface area contributed by atoms with E-state index >= 15 is 0 Å². The summed E-state index contributed by atoms with van der Waals surface area (Å²) in [4.78, 5) is 34.2. The van der Waals surface area contributed by atoms with Gasteiger partial charge in [-0.1, -0.05) is 57.6 Å². The fourth-order valence-electron chi connectivity index (χ4n) is 3.02. The van der Waals surface area contributed by atoms with Crippen molar-refractivity contribution < 1.29 is 24.0 Å². The van der Waals surface area contributed by atoms with Crippen LogP contribution < -0.4 is 0 Å². The highest BCUT2D eigenvalue weighted by Gasteiger charge is 2.18. The first-order valence-electron chi connectivity index (χ1n) is 10.5. The number of aryl methyl sites for hydroxylation is 1. The molecule has 0 fully saturated rings. The van der Waals surface area contributed by atoms with E-state index in [-0.39, 0.29) is 31.1 Å². The summed E-state index contributed by atoms with van der Waals surface area (Å²) in [5, 5.41) is 11.1. The average molecular weight is 408 g/mol. The van der Waals surface area contributed by atoms with E-state index in [1.807, 2.05) is 0 Å². The summed E-state index contributed by atoms with van der Waals surface area (Å²) in [5.74, 6) is -0.793. The number of nitro benzene ring substituents is 1. The molecule has 7 nitrogen and oxygen atoms in total. The first-order valence-corrected chi connectivity index (χ1v) is 10.5. The number of carbonyl (C=O) groups is 2. The van der Waals surface area contributed by atoms with Gasteiger partial charge in [0, 0.05) is 18.4 Å². The Labute approximate surface area is 172 Å². The van der Waals surface area contributed by atoms with Gasteiger partial charge in [-0.3, -0.25) is 19.7 Å². The molecule has 0 amide bonds. The fraction of sp³-hybridized carbons (Fsp3) is 0.636. The third-order valence-corrected chi connectivity index (χ3v) is 4.67. The molecule has 0 saturated carbocycles. The molecule has 7 heteroatoms. The summed E-state index contributed by atoms with van der Waals surface area (Å²) < 4.78 is 10.3. The van der Waals surface area contributed by atoms with Crippen LogP contribution in [0.4, 0.5) is 5.69 Å². The lowest BCUT2D eigenvalue weighted by atomic mass is 10.1. The summed E-state index contributed by atoms with van der Waals surface area (Å²) in [6.45, 7) is 4.10. The van der Waals surface area contributed by atoms with Gasteiger partial charge < -0.3 is 9.47 Å². The van der Waals surface area contributed by atoms with Crippen molar-refractivity contribution in [3.05, 3.63) is 39.4 Å². The van der Waals surface area contributed by atoms with Crippen LogP contribution in [0.2, 0.25) is 0 Å². The van der Waals surface area contributed by atoms with E-state index in [9.17, 15) is 19.7 Å². The van der Waals surface area contributed by atoms with Crippen LogP contribution in [0.5, 0.6) is 0 Å². The Hall–Kier alpha value is -2.44. The maximum atomic E-state index is 11.8. The lowest BCUT2D eigenvalue weighted by Crippen LogP contribution is -2.09. The minimum absolute atomic E-state index is 0.0331. The highest BCUT2D eigenvalue weighted by atomic mass is 16.6. The normalized spacial score (nSPS) is 10.6. The van der Waals surface area contributed by atoms with E-state index in [4.69, 9.17) is 9.47 Å². The molecule has 1 aromatic carbocycles. The van der Waals surface area contributed by atoms with E-state index in [2.05, 4.69) is 6.92 Å². The molecule has 0 aliphatic rings. The van der Waals surface area contributed by atoms with Gasteiger partial charge >= 0.3 is 11.9 Å². The molecule has 0 spiro atoms. The molecule has 0 atom stereocenters. The molecular formula is C22H33NO6. The van der Waals surface area contributed by atoms with Crippen molar-refractivity contribution in [2.75, 3.05) is 6.61 Å². The van der Waals surface area contributed by atoms with Gasteiger partial charge in [-0.15, -0.1) is 0 Å². The third kappa shape index (κ3) is 10.6. The number of esters is 2. The molecule has 0 aromatic heterocycles. The Morgan fingerprint density at radius 1 is 0.931 bits per heavy atom. The van der Waals surface area contributed by atoms with Gasteiger partial charge in [-0.25, -0.2) is 0 Å². The second-order valence-electron chi connectivity index (χ2n) is 7.20. The Morgan fingerprint density at radius 2 is 1.55 bits per heavy atom. The predicted octanol–water partition coefficient (Wildman–Crippen LogP) is 5.41. The molecular weight excluding hydrogens is 374 g/mol. The predicted molar refractivity (Wildman–Crippen MR) is 110 cm³/mol. The molecule has 0 bridgehead atoms. The monoisotopic (exact) mass is 407 g/mol. The van der Waals surface area contributed by atoms with Crippen molar-refractivity contribution in [3.63, 3.8) is 0 Å². The first-order chi connectivity index (χ1) is 14.0. The number of nitrogens with zero attached hydrogens (tertiary/aromatic N) is 1. The Balaban J connectivity index is 2.14. The van der Waals surface area contributed by atoms with Crippen molar-refractivity contribution in [1.29, 1.82) is 0 Å². The Kier molecular flexibility index (Phi) is 12.3. The van der Waals surface area contributed by atoms with Crippen LogP contribution in [-0.4, -0.2) is 23.5 Å². The van der Waals surface area contributed by atoms with Gasteiger partial charge in [-0.05, 0) is 25.8 Å². The SMILES string of the molecule is CCCCCCCCCOC(=O)CCCC(=O)OCc1cccc(C)c1[N+](=O)[O-]. The molecule has 0 aliphatic carbocycles. The van der Waals surface area contributed by atoms with E-state index in [1.54, 1.807) is 25.1 Å². The van der Waals surface area contributed by atoms with Gasteiger partial charge in [0.05, 0.1) is 17.1 Å². The summed E-state index contributed by atoms with van der Waals surface area (Å²) in [6.07, 6.45) is 8.69. The first kappa shape index (κ1) is 24.6. The van der Waals surface area contributed by atoms with Gasteiger partial charge in [0.2, 0.25) is 0 Å². The second-order valence-corrected chi connectivity index (χ2v) is 7.20. The number of para-hydroxylation sites is 1. The largest absolute Gasteiger partial charge is 0.466 e. The van der Waals surface area contributed by atoms with E-state index in [0.29, 0.717) is 24.2 Å². The topological polar surface area (TPSA) is 95.7 Å². The molecule has 0 radical (unpaired) electrons. The standard InChI is InChI=1S/C22H33NO6/c1-3-4-5-6-7-8-9-16-28-20(24)14-11-15-21(25)29-17-19-13-10-12-18(2)22(19)23(26)27/h10,12-13H,3-9,11,14-17H2,1-2H3. The van der Waals surface area contributed by atoms with Crippen LogP contribution in [0.25, 0.3) is 0 Å². The summed E-state index contributed by atoms with van der Waals surface area (Å²) in [5.41, 5.74) is 0.846. The van der Waals surface area contributed by atoms with E-state index in [0.717, 1.165) is 12.8 Å². The molecule has 29 heavy (non-hydrogen) atoms. The Morgan fingerprint density at radius 3 is 2.21 bits per heavy atom. The lowest BCUT2D eigenvalue weighted by molar-refractivity contribution is -0.386. The van der Waals surface area contributed by atoms with Crippen molar-refractivity contribution in [3.8, 4) is 0 Å². The average Bonchev–Trinajstić information content (AvgIpc) is 2.68. The smallest absolute Gasteiger partial charge is 0.306 e. The minimum Gasteiger partial charge on any atom is -0.466 e. The van der Waals surface area contributed by atoms with E-state index in [1.165, 1.54) is 32.1 Å². The summed E-state index contributed by atoms with van der Waals surface area (Å²) in [6, 6.07) is 4.90. The molecule has 1 rings (SSSR count). The minimum atomic E-state index is -0.485. The van der Waals surface area contributed by atoms with Crippen molar-refractivity contribution in [1.82, 2.24) is 0 Å². The van der Waals surface area contributed by atoms with Crippen LogP contribution in [0.3, 0.4) is 0 Å². The number of benzene rings is 1. The highest BCUT2D eigenvalue weighted by Crippen LogP contribution is 2.23. The Bertz CT molecular complexity index is 659. The van der Waals surface area contributed by atoms with Crippen LogP contribution in [0.15, 0.2) is 18.2 Å². The lowest BCUT2D eigenvalue weighted by Gasteiger charge is -2.07. The molecule has 0 heterocycles. The van der Waals surface area contributed by atoms with Crippen molar-refractivity contribution in [2.45, 2.75) is 84.7 Å². The van der Waals surface area contributed by atoms with Crippen molar-refractivity contribution in [2.24, 2.45) is 0 Å². The van der Waals surface area contributed by atoms with Crippen LogP contribution >= 0.6 is 0 Å². The summed E-state index contributed by atoms with van der Waals surface area (Å²) in [7, 11) is 0. The fourth-order valence-corrected chi connectivity index (χ4v) is 3.02. The molecule has 0 aliphatic heterocycles. The molecule has 1 aromatic rings. The van der Waals surface area contributed by atoms with Gasteiger partial charge in [-0.2, -0.15) is 0 Å². The number of unbranched alkanes of at least 4 members (excludes halogenated alkanes) is 6. The van der Waals surface area contributed by atoms with Crippen molar-refractivity contribution >= 4 is 17.6 Å². The van der Waals surface area contributed by atoms with E-state index < -0.39 is 10.9 Å². The summed E-state index contributed by atoms with van der Waals surface area (Å²) >= 11 is 0. The zero-order valence-corrected chi connectivity index (χ0v) is 17.6. The molecule has 0 unspecified atom stereocenters. The molecule has 0 saturated heterocycles. The van der Waals surface area contributed by atoms with Crippen LogP contribution in [-0.2, 0) is 25.7 Å². The number of carbonyl (C=O) groups excluding carboxylic acids is 2. The number of hydrogen-bond acceptors (Lipinski definition) is 6.